The second kappa shape index (κ2) is 7.65. The van der Waals surface area contributed by atoms with E-state index in [1.807, 2.05) is 6.92 Å². The molecule has 0 saturated heterocycles. The summed E-state index contributed by atoms with van der Waals surface area (Å²) in [5.41, 5.74) is 9.68. The molecular weight excluding hydrogens is 475 g/mol. The largest absolute Gasteiger partial charge is 0.433 e. The number of benzene rings is 1. The zero-order valence-corrected chi connectivity index (χ0v) is 19.2. The van der Waals surface area contributed by atoms with Gasteiger partial charge in [-0.25, -0.2) is 15.0 Å². The Morgan fingerprint density at radius 2 is 2.03 bits per heavy atom. The van der Waals surface area contributed by atoms with E-state index in [4.69, 9.17) is 10.5 Å². The molecular formula is C24H20F3N7O2. The summed E-state index contributed by atoms with van der Waals surface area (Å²) < 4.78 is 48.6. The topological polar surface area (TPSA) is 103 Å². The number of rotatable bonds is 2. The number of pyridine rings is 1. The highest BCUT2D eigenvalue weighted by molar-refractivity contribution is 6.00. The number of anilines is 1. The number of alkyl halides is 3. The van der Waals surface area contributed by atoms with Crippen molar-refractivity contribution < 1.29 is 22.7 Å². The average molecular weight is 495 g/mol. The third-order valence-corrected chi connectivity index (χ3v) is 6.73. The van der Waals surface area contributed by atoms with Crippen LogP contribution in [0.2, 0.25) is 0 Å². The number of imidazole rings is 2. The standard InChI is InChI=1S/C24H20F3N7O2/c1-12-5-16-17(34-11-29-7-18(34)21(28)31-16)6-14(12)23(35)32(2)19-10-36-9-15-13(19)3-4-33-20(24(25,26)27)8-30-22(15)33/h3-8,11,19H,9-10H2,1-2H3,(H2,28,31)/t19-/m1/s1. The number of carbonyl (C=O) groups is 1. The number of likely N-dealkylation sites (N-methyl/N-ethyl adjacent to an activating group) is 1. The van der Waals surface area contributed by atoms with E-state index in [9.17, 15) is 18.0 Å². The maximum absolute atomic E-state index is 13.7. The number of ether oxygens (including phenoxy) is 1. The first-order chi connectivity index (χ1) is 17.1. The van der Waals surface area contributed by atoms with Crippen LogP contribution in [0.3, 0.4) is 0 Å². The SMILES string of the molecule is Cc1cc2nc(N)c3cncn3c2cc1C(=O)N(C)[C@@H]1COCc2c1ccn1c(C(F)(F)F)cnc21. The molecule has 4 aromatic heterocycles. The van der Waals surface area contributed by atoms with Gasteiger partial charge in [-0.15, -0.1) is 0 Å². The molecule has 0 fully saturated rings. The van der Waals surface area contributed by atoms with Gasteiger partial charge in [0.05, 0.1) is 49.0 Å². The molecule has 0 unspecified atom stereocenters. The zero-order chi connectivity index (χ0) is 25.4. The van der Waals surface area contributed by atoms with E-state index in [2.05, 4.69) is 15.0 Å². The third kappa shape index (κ3) is 3.21. The fourth-order valence-electron chi connectivity index (χ4n) is 4.86. The average Bonchev–Trinajstić information content (AvgIpc) is 3.50. The number of carbonyl (C=O) groups excluding carboxylic acids is 1. The number of fused-ring (bicyclic) bond motifs is 6. The van der Waals surface area contributed by atoms with Crippen LogP contribution < -0.4 is 5.73 Å². The minimum atomic E-state index is -4.54. The summed E-state index contributed by atoms with van der Waals surface area (Å²) in [5, 5.41) is 0. The van der Waals surface area contributed by atoms with Crippen molar-refractivity contribution in [2.75, 3.05) is 19.4 Å². The van der Waals surface area contributed by atoms with E-state index in [1.165, 1.54) is 6.20 Å². The summed E-state index contributed by atoms with van der Waals surface area (Å²) in [5.74, 6) is 0.0747. The molecule has 2 N–H and O–H groups in total. The van der Waals surface area contributed by atoms with Gasteiger partial charge < -0.3 is 15.4 Å². The van der Waals surface area contributed by atoms with E-state index in [0.717, 1.165) is 10.6 Å². The van der Waals surface area contributed by atoms with Crippen molar-refractivity contribution >= 4 is 33.9 Å². The molecule has 0 spiro atoms. The first kappa shape index (κ1) is 22.3. The Morgan fingerprint density at radius 1 is 1.22 bits per heavy atom. The van der Waals surface area contributed by atoms with Crippen LogP contribution in [0.5, 0.6) is 0 Å². The van der Waals surface area contributed by atoms with Crippen LogP contribution in [-0.2, 0) is 17.5 Å². The molecule has 6 rings (SSSR count). The van der Waals surface area contributed by atoms with Gasteiger partial charge in [0.1, 0.15) is 22.7 Å². The zero-order valence-electron chi connectivity index (χ0n) is 19.2. The molecule has 1 amide bonds. The summed E-state index contributed by atoms with van der Waals surface area (Å²) in [7, 11) is 1.65. The van der Waals surface area contributed by atoms with Crippen molar-refractivity contribution in [1.29, 1.82) is 0 Å². The number of nitrogen functional groups attached to an aromatic ring is 1. The molecule has 5 heterocycles. The van der Waals surface area contributed by atoms with Crippen LogP contribution in [0.25, 0.3) is 22.2 Å². The Labute approximate surface area is 201 Å². The van der Waals surface area contributed by atoms with Crippen LogP contribution in [-0.4, -0.2) is 48.2 Å². The molecule has 1 aliphatic heterocycles. The predicted molar refractivity (Wildman–Crippen MR) is 124 cm³/mol. The number of aryl methyl sites for hydroxylation is 1. The number of nitrogens with zero attached hydrogens (tertiary/aromatic N) is 6. The van der Waals surface area contributed by atoms with Gasteiger partial charge in [0.25, 0.3) is 5.91 Å². The van der Waals surface area contributed by atoms with Crippen molar-refractivity contribution in [3.8, 4) is 0 Å². The van der Waals surface area contributed by atoms with Crippen molar-refractivity contribution in [2.24, 2.45) is 0 Å². The van der Waals surface area contributed by atoms with E-state index in [-0.39, 0.29) is 24.8 Å². The summed E-state index contributed by atoms with van der Waals surface area (Å²) in [6.07, 6.45) is 0.826. The molecule has 0 radical (unpaired) electrons. The number of halogens is 3. The number of amides is 1. The molecule has 1 aliphatic rings. The second-order valence-electron chi connectivity index (χ2n) is 8.83. The minimum absolute atomic E-state index is 0.104. The predicted octanol–water partition coefficient (Wildman–Crippen LogP) is 3.78. The number of nitrogens with two attached hydrogens (primary N) is 1. The lowest BCUT2D eigenvalue weighted by Crippen LogP contribution is -2.37. The van der Waals surface area contributed by atoms with E-state index in [0.29, 0.717) is 44.6 Å². The molecule has 1 aromatic carbocycles. The molecule has 36 heavy (non-hydrogen) atoms. The van der Waals surface area contributed by atoms with Crippen LogP contribution in [0.15, 0.2) is 43.1 Å². The highest BCUT2D eigenvalue weighted by Crippen LogP contribution is 2.36. The molecule has 0 saturated carbocycles. The number of hydrogen-bond donors (Lipinski definition) is 1. The quantitative estimate of drug-likeness (QED) is 0.400. The van der Waals surface area contributed by atoms with Gasteiger partial charge >= 0.3 is 6.18 Å². The number of aromatic nitrogens is 5. The van der Waals surface area contributed by atoms with Crippen LogP contribution in [0, 0.1) is 6.92 Å². The molecule has 1 atom stereocenters. The molecule has 0 aliphatic carbocycles. The van der Waals surface area contributed by atoms with Crippen LogP contribution >= 0.6 is 0 Å². The number of hydrogen-bond acceptors (Lipinski definition) is 6. The Hall–Kier alpha value is -4.19. The first-order valence-electron chi connectivity index (χ1n) is 11.1. The highest BCUT2D eigenvalue weighted by Gasteiger charge is 2.36. The normalized spacial score (nSPS) is 16.1. The van der Waals surface area contributed by atoms with Crippen LogP contribution in [0.4, 0.5) is 19.0 Å². The Bertz CT molecular complexity index is 1690. The molecule has 9 nitrogen and oxygen atoms in total. The van der Waals surface area contributed by atoms with Gasteiger partial charge in [-0.05, 0) is 36.2 Å². The molecule has 0 bridgehead atoms. The van der Waals surface area contributed by atoms with Crippen molar-refractivity contribution in [2.45, 2.75) is 25.7 Å². The maximum atomic E-state index is 13.7. The van der Waals surface area contributed by atoms with Crippen molar-refractivity contribution in [3.63, 3.8) is 0 Å². The highest BCUT2D eigenvalue weighted by atomic mass is 19.4. The third-order valence-electron chi connectivity index (χ3n) is 6.73. The smallest absolute Gasteiger partial charge is 0.382 e. The van der Waals surface area contributed by atoms with Crippen molar-refractivity contribution in [1.82, 2.24) is 28.7 Å². The van der Waals surface area contributed by atoms with Gasteiger partial charge in [0.15, 0.2) is 0 Å². The van der Waals surface area contributed by atoms with Crippen LogP contribution in [0.1, 0.15) is 38.8 Å². The van der Waals surface area contributed by atoms with Gasteiger partial charge in [-0.3, -0.25) is 13.6 Å². The maximum Gasteiger partial charge on any atom is 0.433 e. The van der Waals surface area contributed by atoms with Gasteiger partial charge in [0, 0.05) is 24.4 Å². The Kier molecular flexibility index (Phi) is 4.74. The van der Waals surface area contributed by atoms with Gasteiger partial charge in [0.2, 0.25) is 0 Å². The minimum Gasteiger partial charge on any atom is -0.382 e. The Balaban J connectivity index is 1.42. The van der Waals surface area contributed by atoms with E-state index < -0.39 is 17.9 Å². The fraction of sp³-hybridized carbons (Fsp3) is 0.250. The van der Waals surface area contributed by atoms with Crippen molar-refractivity contribution in [3.05, 3.63) is 71.1 Å². The summed E-state index contributed by atoms with van der Waals surface area (Å²) >= 11 is 0. The fourth-order valence-corrected chi connectivity index (χ4v) is 4.86. The second-order valence-corrected chi connectivity index (χ2v) is 8.83. The summed E-state index contributed by atoms with van der Waals surface area (Å²) in [6, 6.07) is 4.64. The van der Waals surface area contributed by atoms with Gasteiger partial charge in [-0.2, -0.15) is 13.2 Å². The van der Waals surface area contributed by atoms with Gasteiger partial charge in [-0.1, -0.05) is 0 Å². The van der Waals surface area contributed by atoms with E-state index in [1.54, 1.807) is 47.1 Å². The lowest BCUT2D eigenvalue weighted by molar-refractivity contribution is -0.141. The lowest BCUT2D eigenvalue weighted by Gasteiger charge is -2.33. The monoisotopic (exact) mass is 495 g/mol. The first-order valence-corrected chi connectivity index (χ1v) is 11.1. The Morgan fingerprint density at radius 3 is 2.81 bits per heavy atom. The molecule has 12 heteroatoms. The molecule has 5 aromatic rings. The molecule has 184 valence electrons. The van der Waals surface area contributed by atoms with E-state index >= 15 is 0 Å². The summed E-state index contributed by atoms with van der Waals surface area (Å²) in [4.78, 5) is 27.8. The lowest BCUT2D eigenvalue weighted by atomic mass is 9.98. The summed E-state index contributed by atoms with van der Waals surface area (Å²) in [6.45, 7) is 2.12.